The highest BCUT2D eigenvalue weighted by Gasteiger charge is 2.25. The number of aromatic nitrogens is 1. The summed E-state index contributed by atoms with van der Waals surface area (Å²) < 4.78 is 27.3. The lowest BCUT2D eigenvalue weighted by molar-refractivity contribution is 0.112. The fourth-order valence-corrected chi connectivity index (χ4v) is 4.85. The number of aldehydes is 1. The number of aryl methyl sites for hydroxylation is 1. The quantitative estimate of drug-likeness (QED) is 0.695. The third kappa shape index (κ3) is 2.04. The van der Waals surface area contributed by atoms with Crippen LogP contribution in [0.4, 0.5) is 0 Å². The predicted octanol–water partition coefficient (Wildman–Crippen LogP) is 3.18. The Bertz CT molecular complexity index is 1020. The Hall–Kier alpha value is -2.40. The lowest BCUT2D eigenvalue weighted by Crippen LogP contribution is -2.12. The molecule has 0 saturated carbocycles. The fourth-order valence-electron chi connectivity index (χ4n) is 3.44. The highest BCUT2D eigenvalue weighted by molar-refractivity contribution is 7.90. The smallest absolute Gasteiger partial charge is 0.268 e. The van der Waals surface area contributed by atoms with Gasteiger partial charge in [-0.1, -0.05) is 18.2 Å². The summed E-state index contributed by atoms with van der Waals surface area (Å²) in [5, 5.41) is 0.798. The highest BCUT2D eigenvalue weighted by Crippen LogP contribution is 2.34. The van der Waals surface area contributed by atoms with Gasteiger partial charge < -0.3 is 0 Å². The summed E-state index contributed by atoms with van der Waals surface area (Å²) in [6, 6.07) is 12.0. The standard InChI is InChI=1S/C18H15NO3S/c20-12-14-11-13-9-10-19(18(13)17-8-4-7-16(14)17)23(21,22)15-5-2-1-3-6-15/h1-3,5-6,9-12H,4,7-8H2. The van der Waals surface area contributed by atoms with E-state index in [1.54, 1.807) is 48.7 Å². The van der Waals surface area contributed by atoms with Crippen LogP contribution in [0.1, 0.15) is 27.9 Å². The molecule has 23 heavy (non-hydrogen) atoms. The second-order valence-electron chi connectivity index (χ2n) is 5.76. The van der Waals surface area contributed by atoms with Crippen molar-refractivity contribution in [3.8, 4) is 0 Å². The van der Waals surface area contributed by atoms with Crippen LogP contribution in [-0.2, 0) is 22.9 Å². The third-order valence-corrected chi connectivity index (χ3v) is 6.16. The van der Waals surface area contributed by atoms with Gasteiger partial charge in [0.1, 0.15) is 6.29 Å². The van der Waals surface area contributed by atoms with Crippen molar-refractivity contribution in [3.63, 3.8) is 0 Å². The van der Waals surface area contributed by atoms with E-state index < -0.39 is 10.0 Å². The summed E-state index contributed by atoms with van der Waals surface area (Å²) in [6.45, 7) is 0. The van der Waals surface area contributed by atoms with E-state index in [1.165, 1.54) is 3.97 Å². The minimum Gasteiger partial charge on any atom is -0.298 e. The molecule has 0 radical (unpaired) electrons. The van der Waals surface area contributed by atoms with Crippen LogP contribution >= 0.6 is 0 Å². The number of hydrogen-bond acceptors (Lipinski definition) is 3. The molecule has 0 aliphatic heterocycles. The Morgan fingerprint density at radius 2 is 1.74 bits per heavy atom. The van der Waals surface area contributed by atoms with Crippen LogP contribution in [0.25, 0.3) is 10.9 Å². The zero-order valence-electron chi connectivity index (χ0n) is 12.4. The van der Waals surface area contributed by atoms with Gasteiger partial charge in [0.05, 0.1) is 10.4 Å². The number of carbonyl (C=O) groups excluding carboxylic acids is 1. The largest absolute Gasteiger partial charge is 0.298 e. The molecule has 0 N–H and O–H groups in total. The number of rotatable bonds is 3. The molecule has 4 nitrogen and oxygen atoms in total. The highest BCUT2D eigenvalue weighted by atomic mass is 32.2. The molecule has 5 heteroatoms. The Kier molecular flexibility index (Phi) is 3.13. The van der Waals surface area contributed by atoms with Crippen molar-refractivity contribution in [1.29, 1.82) is 0 Å². The van der Waals surface area contributed by atoms with Crippen LogP contribution in [0.15, 0.2) is 53.6 Å². The van der Waals surface area contributed by atoms with Crippen molar-refractivity contribution < 1.29 is 13.2 Å². The molecule has 116 valence electrons. The van der Waals surface area contributed by atoms with E-state index in [-0.39, 0.29) is 4.90 Å². The van der Waals surface area contributed by atoms with Crippen molar-refractivity contribution in [2.45, 2.75) is 24.2 Å². The molecule has 0 spiro atoms. The van der Waals surface area contributed by atoms with Crippen molar-refractivity contribution in [3.05, 3.63) is 65.4 Å². The van der Waals surface area contributed by atoms with E-state index in [0.29, 0.717) is 11.1 Å². The summed E-state index contributed by atoms with van der Waals surface area (Å²) in [7, 11) is -3.64. The van der Waals surface area contributed by atoms with Crippen LogP contribution in [-0.4, -0.2) is 18.7 Å². The van der Waals surface area contributed by atoms with Gasteiger partial charge in [0.25, 0.3) is 10.0 Å². The van der Waals surface area contributed by atoms with E-state index in [4.69, 9.17) is 0 Å². The van der Waals surface area contributed by atoms with Crippen LogP contribution in [0.5, 0.6) is 0 Å². The maximum atomic E-state index is 13.0. The topological polar surface area (TPSA) is 56.1 Å². The average Bonchev–Trinajstić information content (AvgIpc) is 3.21. The Balaban J connectivity index is 2.04. The van der Waals surface area contributed by atoms with Crippen molar-refractivity contribution in [2.75, 3.05) is 0 Å². The van der Waals surface area contributed by atoms with Crippen molar-refractivity contribution in [2.24, 2.45) is 0 Å². The van der Waals surface area contributed by atoms with E-state index in [9.17, 15) is 13.2 Å². The minimum atomic E-state index is -3.64. The number of carbonyl (C=O) groups is 1. The Labute approximate surface area is 134 Å². The average molecular weight is 325 g/mol. The SMILES string of the molecule is O=Cc1cc2ccn(S(=O)(=O)c3ccccc3)c2c2c1CCC2. The molecule has 0 atom stereocenters. The first-order valence-electron chi connectivity index (χ1n) is 7.54. The van der Waals surface area contributed by atoms with Gasteiger partial charge in [0.2, 0.25) is 0 Å². The number of nitrogens with zero attached hydrogens (tertiary/aromatic N) is 1. The molecular weight excluding hydrogens is 310 g/mol. The molecule has 2 aromatic carbocycles. The fraction of sp³-hybridized carbons (Fsp3) is 0.167. The van der Waals surface area contributed by atoms with Crippen molar-refractivity contribution in [1.82, 2.24) is 3.97 Å². The van der Waals surface area contributed by atoms with E-state index in [0.717, 1.165) is 42.1 Å². The first-order chi connectivity index (χ1) is 11.1. The molecule has 0 fully saturated rings. The van der Waals surface area contributed by atoms with E-state index in [2.05, 4.69) is 0 Å². The molecule has 1 heterocycles. The van der Waals surface area contributed by atoms with Crippen LogP contribution < -0.4 is 0 Å². The van der Waals surface area contributed by atoms with Gasteiger partial charge in [-0.25, -0.2) is 12.4 Å². The van der Waals surface area contributed by atoms with Gasteiger partial charge in [0.15, 0.2) is 0 Å². The Morgan fingerprint density at radius 1 is 1.00 bits per heavy atom. The summed E-state index contributed by atoms with van der Waals surface area (Å²) >= 11 is 0. The van der Waals surface area contributed by atoms with E-state index >= 15 is 0 Å². The molecule has 0 amide bonds. The molecule has 3 aromatic rings. The third-order valence-electron chi connectivity index (χ3n) is 4.47. The lowest BCUT2D eigenvalue weighted by atomic mass is 10.0. The van der Waals surface area contributed by atoms with Gasteiger partial charge >= 0.3 is 0 Å². The number of benzene rings is 2. The van der Waals surface area contributed by atoms with E-state index in [1.807, 2.05) is 0 Å². The molecular formula is C18H15NO3S. The zero-order valence-corrected chi connectivity index (χ0v) is 13.2. The van der Waals surface area contributed by atoms with Gasteiger partial charge in [-0.3, -0.25) is 4.79 Å². The number of fused-ring (bicyclic) bond motifs is 3. The molecule has 0 bridgehead atoms. The second-order valence-corrected chi connectivity index (χ2v) is 7.58. The van der Waals surface area contributed by atoms with Gasteiger partial charge in [-0.15, -0.1) is 0 Å². The monoisotopic (exact) mass is 325 g/mol. The summed E-state index contributed by atoms with van der Waals surface area (Å²) in [5.41, 5.74) is 3.39. The van der Waals surface area contributed by atoms with Crippen molar-refractivity contribution >= 4 is 27.2 Å². The zero-order chi connectivity index (χ0) is 16.0. The maximum Gasteiger partial charge on any atom is 0.268 e. The van der Waals surface area contributed by atoms with Crippen LogP contribution in [0.3, 0.4) is 0 Å². The normalized spacial score (nSPS) is 14.1. The summed E-state index contributed by atoms with van der Waals surface area (Å²) in [5.74, 6) is 0. The van der Waals surface area contributed by atoms with Gasteiger partial charge in [-0.05, 0) is 54.7 Å². The van der Waals surface area contributed by atoms with Gasteiger partial charge in [0, 0.05) is 17.1 Å². The predicted molar refractivity (Wildman–Crippen MR) is 88.4 cm³/mol. The molecule has 1 aliphatic rings. The summed E-state index contributed by atoms with van der Waals surface area (Å²) in [6.07, 6.45) is 5.04. The second kappa shape index (κ2) is 5.06. The maximum absolute atomic E-state index is 13.0. The molecule has 0 unspecified atom stereocenters. The van der Waals surface area contributed by atoms with Crippen LogP contribution in [0.2, 0.25) is 0 Å². The lowest BCUT2D eigenvalue weighted by Gasteiger charge is -2.11. The number of hydrogen-bond donors (Lipinski definition) is 0. The Morgan fingerprint density at radius 3 is 2.48 bits per heavy atom. The van der Waals surface area contributed by atoms with Crippen LogP contribution in [0, 0.1) is 0 Å². The molecule has 4 rings (SSSR count). The summed E-state index contributed by atoms with van der Waals surface area (Å²) in [4.78, 5) is 11.6. The molecule has 1 aliphatic carbocycles. The van der Waals surface area contributed by atoms with Gasteiger partial charge in [-0.2, -0.15) is 0 Å². The first-order valence-corrected chi connectivity index (χ1v) is 8.98. The minimum absolute atomic E-state index is 0.267. The molecule has 0 saturated heterocycles. The first kappa shape index (κ1) is 14.2. The molecule has 1 aromatic heterocycles.